The SMILES string of the molecule is CCCCCS(=O)(=O)OP. The predicted octanol–water partition coefficient (Wildman–Crippen LogP) is 1.31. The zero-order valence-electron chi connectivity index (χ0n) is 6.04. The Balaban J connectivity index is 3.49. The van der Waals surface area contributed by atoms with Crippen molar-refractivity contribution in [1.82, 2.24) is 0 Å². The lowest BCUT2D eigenvalue weighted by atomic mass is 10.3. The van der Waals surface area contributed by atoms with Crippen LogP contribution in [0, 0.1) is 0 Å². The van der Waals surface area contributed by atoms with Crippen LogP contribution in [0.15, 0.2) is 0 Å². The first kappa shape index (κ1) is 10.3. The van der Waals surface area contributed by atoms with Crippen LogP contribution in [0.3, 0.4) is 0 Å². The lowest BCUT2D eigenvalue weighted by Gasteiger charge is -1.98. The molecule has 0 aromatic heterocycles. The second-order valence-electron chi connectivity index (χ2n) is 2.07. The van der Waals surface area contributed by atoms with E-state index in [0.29, 0.717) is 6.42 Å². The highest BCUT2D eigenvalue weighted by atomic mass is 32.2. The summed E-state index contributed by atoms with van der Waals surface area (Å²) in [6.07, 6.45) is 2.65. The number of hydrogen-bond donors (Lipinski definition) is 0. The van der Waals surface area contributed by atoms with Gasteiger partial charge in [0.25, 0.3) is 10.1 Å². The Morgan fingerprint density at radius 2 is 2.00 bits per heavy atom. The van der Waals surface area contributed by atoms with Gasteiger partial charge in [-0.15, -0.1) is 0 Å². The summed E-state index contributed by atoms with van der Waals surface area (Å²) in [5, 5.41) is 0. The fourth-order valence-corrected chi connectivity index (χ4v) is 1.52. The average molecular weight is 184 g/mol. The van der Waals surface area contributed by atoms with Crippen LogP contribution >= 0.6 is 9.47 Å². The van der Waals surface area contributed by atoms with E-state index in [1.54, 1.807) is 9.47 Å². The van der Waals surface area contributed by atoms with E-state index >= 15 is 0 Å². The summed E-state index contributed by atoms with van der Waals surface area (Å²) in [7, 11) is -1.48. The first-order valence-corrected chi connectivity index (χ1v) is 5.28. The van der Waals surface area contributed by atoms with Crippen molar-refractivity contribution in [2.24, 2.45) is 0 Å². The smallest absolute Gasteiger partial charge is 0.254 e. The molecule has 1 atom stereocenters. The Kier molecular flexibility index (Phi) is 5.22. The molecule has 0 saturated heterocycles. The van der Waals surface area contributed by atoms with Gasteiger partial charge in [-0.2, -0.15) is 8.42 Å². The van der Waals surface area contributed by atoms with E-state index in [0.717, 1.165) is 12.8 Å². The zero-order chi connectivity index (χ0) is 8.04. The molecule has 0 aliphatic rings. The summed E-state index contributed by atoms with van der Waals surface area (Å²) < 4.78 is 25.4. The second-order valence-corrected chi connectivity index (χ2v) is 4.36. The van der Waals surface area contributed by atoms with Gasteiger partial charge in [0.15, 0.2) is 0 Å². The van der Waals surface area contributed by atoms with E-state index in [2.05, 4.69) is 3.97 Å². The Labute approximate surface area is 64.6 Å². The van der Waals surface area contributed by atoms with Crippen LogP contribution in [0.2, 0.25) is 0 Å². The molecule has 0 aliphatic carbocycles. The topological polar surface area (TPSA) is 43.4 Å². The molecule has 62 valence electrons. The van der Waals surface area contributed by atoms with Gasteiger partial charge in [0.2, 0.25) is 0 Å². The van der Waals surface area contributed by atoms with Crippen molar-refractivity contribution in [3.8, 4) is 0 Å². The Bertz CT molecular complexity index is 164. The van der Waals surface area contributed by atoms with Gasteiger partial charge in [-0.3, -0.25) is 3.97 Å². The van der Waals surface area contributed by atoms with Crippen molar-refractivity contribution in [1.29, 1.82) is 0 Å². The standard InChI is InChI=1S/C5H13O3PS/c1-2-3-4-5-10(6,7)8-9/h2-5,9H2,1H3. The second kappa shape index (κ2) is 5.05. The minimum absolute atomic E-state index is 0.129. The van der Waals surface area contributed by atoms with Gasteiger partial charge in [0.1, 0.15) is 0 Å². The fourth-order valence-electron chi connectivity index (χ4n) is 0.577. The molecule has 0 amide bonds. The summed E-state index contributed by atoms with van der Waals surface area (Å²) in [6, 6.07) is 0. The number of unbranched alkanes of at least 4 members (excludes halogenated alkanes) is 2. The molecule has 0 fully saturated rings. The van der Waals surface area contributed by atoms with Crippen molar-refractivity contribution in [2.45, 2.75) is 26.2 Å². The third kappa shape index (κ3) is 5.15. The average Bonchev–Trinajstić information content (AvgIpc) is 1.89. The van der Waals surface area contributed by atoms with Crippen LogP contribution in [-0.2, 0) is 14.1 Å². The van der Waals surface area contributed by atoms with Gasteiger partial charge in [-0.1, -0.05) is 19.8 Å². The Hall–Kier alpha value is 0.340. The quantitative estimate of drug-likeness (QED) is 0.478. The van der Waals surface area contributed by atoms with E-state index < -0.39 is 10.1 Å². The third-order valence-corrected chi connectivity index (χ3v) is 3.11. The minimum Gasteiger partial charge on any atom is -0.254 e. The predicted molar refractivity (Wildman–Crippen MR) is 44.1 cm³/mol. The summed E-state index contributed by atoms with van der Waals surface area (Å²) in [5.74, 6) is 0.129. The molecule has 0 aromatic carbocycles. The first-order chi connectivity index (χ1) is 4.62. The highest BCUT2D eigenvalue weighted by molar-refractivity contribution is 7.88. The van der Waals surface area contributed by atoms with Gasteiger partial charge >= 0.3 is 0 Å². The van der Waals surface area contributed by atoms with Crippen LogP contribution in [0.25, 0.3) is 0 Å². The zero-order valence-corrected chi connectivity index (χ0v) is 8.01. The largest absolute Gasteiger partial charge is 0.269 e. The van der Waals surface area contributed by atoms with Gasteiger partial charge in [0.05, 0.1) is 5.75 Å². The maximum atomic E-state index is 10.6. The molecular formula is C5H13O3PS. The van der Waals surface area contributed by atoms with Crippen molar-refractivity contribution < 1.29 is 12.4 Å². The molecule has 1 unspecified atom stereocenters. The lowest BCUT2D eigenvalue weighted by molar-refractivity contribution is 0.513. The van der Waals surface area contributed by atoms with Gasteiger partial charge in [-0.25, -0.2) is 0 Å². The van der Waals surface area contributed by atoms with Crippen LogP contribution < -0.4 is 0 Å². The van der Waals surface area contributed by atoms with Crippen molar-refractivity contribution in [3.63, 3.8) is 0 Å². The Morgan fingerprint density at radius 3 is 2.40 bits per heavy atom. The highest BCUT2D eigenvalue weighted by Crippen LogP contribution is 2.03. The molecule has 0 aromatic rings. The molecule has 3 nitrogen and oxygen atoms in total. The van der Waals surface area contributed by atoms with Gasteiger partial charge in [-0.05, 0) is 6.42 Å². The summed E-state index contributed by atoms with van der Waals surface area (Å²) in [5.41, 5.74) is 0. The van der Waals surface area contributed by atoms with Crippen molar-refractivity contribution >= 4 is 19.6 Å². The first-order valence-electron chi connectivity index (χ1n) is 3.23. The summed E-state index contributed by atoms with van der Waals surface area (Å²) in [6.45, 7) is 2.02. The normalized spacial score (nSPS) is 11.8. The molecule has 0 N–H and O–H groups in total. The third-order valence-electron chi connectivity index (χ3n) is 1.14. The van der Waals surface area contributed by atoms with Crippen molar-refractivity contribution in [2.75, 3.05) is 5.75 Å². The van der Waals surface area contributed by atoms with Crippen LogP contribution in [-0.4, -0.2) is 14.2 Å². The van der Waals surface area contributed by atoms with Crippen molar-refractivity contribution in [3.05, 3.63) is 0 Å². The molecule has 0 bridgehead atoms. The number of hydrogen-bond acceptors (Lipinski definition) is 3. The Morgan fingerprint density at radius 1 is 1.40 bits per heavy atom. The molecule has 5 heteroatoms. The van der Waals surface area contributed by atoms with E-state index in [4.69, 9.17) is 0 Å². The fraction of sp³-hybridized carbons (Fsp3) is 1.00. The highest BCUT2D eigenvalue weighted by Gasteiger charge is 2.06. The van der Waals surface area contributed by atoms with Gasteiger partial charge in [0, 0.05) is 9.47 Å². The van der Waals surface area contributed by atoms with E-state index in [-0.39, 0.29) is 5.75 Å². The molecule has 0 spiro atoms. The monoisotopic (exact) mass is 184 g/mol. The molecule has 0 heterocycles. The van der Waals surface area contributed by atoms with E-state index in [1.807, 2.05) is 6.92 Å². The number of rotatable bonds is 5. The van der Waals surface area contributed by atoms with Crippen LogP contribution in [0.4, 0.5) is 0 Å². The maximum absolute atomic E-state index is 10.6. The maximum Gasteiger partial charge on any atom is 0.269 e. The van der Waals surface area contributed by atoms with Crippen LogP contribution in [0.5, 0.6) is 0 Å². The van der Waals surface area contributed by atoms with E-state index in [9.17, 15) is 8.42 Å². The molecule has 0 aliphatic heterocycles. The molecule has 0 rings (SSSR count). The van der Waals surface area contributed by atoms with E-state index in [1.165, 1.54) is 0 Å². The molecule has 10 heavy (non-hydrogen) atoms. The van der Waals surface area contributed by atoms with Gasteiger partial charge < -0.3 is 0 Å². The molecular weight excluding hydrogens is 171 g/mol. The summed E-state index contributed by atoms with van der Waals surface area (Å²) in [4.78, 5) is 0. The van der Waals surface area contributed by atoms with Crippen LogP contribution in [0.1, 0.15) is 26.2 Å². The minimum atomic E-state index is -3.23. The summed E-state index contributed by atoms with van der Waals surface area (Å²) >= 11 is 0. The molecule has 0 saturated carbocycles. The lowest BCUT2D eigenvalue weighted by Crippen LogP contribution is -2.04. The molecule has 0 radical (unpaired) electrons.